The van der Waals surface area contributed by atoms with Crippen LogP contribution in [0.1, 0.15) is 13.3 Å². The Morgan fingerprint density at radius 3 is 2.86 bits per heavy atom. The normalized spacial score (nSPS) is 10.7. The number of fused-ring (bicyclic) bond motifs is 1. The van der Waals surface area contributed by atoms with Crippen molar-refractivity contribution in [2.24, 2.45) is 0 Å². The zero-order valence-electron chi connectivity index (χ0n) is 11.6. The first-order valence-corrected chi connectivity index (χ1v) is 8.15. The van der Waals surface area contributed by atoms with Crippen LogP contribution >= 0.6 is 35.0 Å². The van der Waals surface area contributed by atoms with E-state index in [0.29, 0.717) is 27.4 Å². The van der Waals surface area contributed by atoms with Gasteiger partial charge in [0, 0.05) is 12.7 Å². The number of hydrogen-bond acceptors (Lipinski definition) is 5. The highest BCUT2D eigenvalue weighted by molar-refractivity contribution is 7.99. The van der Waals surface area contributed by atoms with Gasteiger partial charge >= 0.3 is 6.03 Å². The minimum Gasteiger partial charge on any atom is -0.338 e. The number of pyridine rings is 1. The highest BCUT2D eigenvalue weighted by Gasteiger charge is 2.13. The SMILES string of the molecule is CCCNC(=O)NC(=O)CSc1nnc2c(Cl)cc(Cl)cn12. The summed E-state index contributed by atoms with van der Waals surface area (Å²) in [5.74, 6) is -0.409. The van der Waals surface area contributed by atoms with Crippen molar-refractivity contribution in [2.45, 2.75) is 18.5 Å². The Kier molecular flexibility index (Phi) is 5.87. The highest BCUT2D eigenvalue weighted by Crippen LogP contribution is 2.25. The lowest BCUT2D eigenvalue weighted by atomic mass is 10.5. The Morgan fingerprint density at radius 1 is 1.36 bits per heavy atom. The molecule has 0 aliphatic rings. The fourth-order valence-electron chi connectivity index (χ4n) is 1.58. The number of halogens is 2. The maximum absolute atomic E-state index is 11.7. The molecular weight excluding hydrogens is 349 g/mol. The monoisotopic (exact) mass is 361 g/mol. The maximum Gasteiger partial charge on any atom is 0.321 e. The van der Waals surface area contributed by atoms with Crippen molar-refractivity contribution < 1.29 is 9.59 Å². The van der Waals surface area contributed by atoms with E-state index < -0.39 is 11.9 Å². The van der Waals surface area contributed by atoms with Gasteiger partial charge in [0.05, 0.1) is 15.8 Å². The maximum atomic E-state index is 11.7. The quantitative estimate of drug-likeness (QED) is 0.798. The molecule has 2 rings (SSSR count). The zero-order chi connectivity index (χ0) is 16.1. The van der Waals surface area contributed by atoms with Crippen molar-refractivity contribution >= 4 is 52.5 Å². The topological polar surface area (TPSA) is 88.4 Å². The number of carbonyl (C=O) groups is 2. The molecule has 0 bridgehead atoms. The predicted molar refractivity (Wildman–Crippen MR) is 85.6 cm³/mol. The molecule has 0 fully saturated rings. The van der Waals surface area contributed by atoms with Gasteiger partial charge in [-0.05, 0) is 12.5 Å². The molecule has 3 amide bonds. The van der Waals surface area contributed by atoms with E-state index in [9.17, 15) is 9.59 Å². The summed E-state index contributed by atoms with van der Waals surface area (Å²) in [6.45, 7) is 2.43. The molecule has 0 radical (unpaired) electrons. The molecule has 22 heavy (non-hydrogen) atoms. The number of thioether (sulfide) groups is 1. The Morgan fingerprint density at radius 2 is 2.14 bits per heavy atom. The molecule has 2 N–H and O–H groups in total. The lowest BCUT2D eigenvalue weighted by Crippen LogP contribution is -2.40. The summed E-state index contributed by atoms with van der Waals surface area (Å²) in [5, 5.41) is 13.9. The highest BCUT2D eigenvalue weighted by atomic mass is 35.5. The summed E-state index contributed by atoms with van der Waals surface area (Å²) >= 11 is 13.1. The second-order valence-electron chi connectivity index (χ2n) is 4.28. The van der Waals surface area contributed by atoms with Crippen molar-refractivity contribution in [3.8, 4) is 0 Å². The van der Waals surface area contributed by atoms with Crippen molar-refractivity contribution in [1.29, 1.82) is 0 Å². The van der Waals surface area contributed by atoms with Gasteiger partial charge in [0.25, 0.3) is 0 Å². The molecule has 0 aliphatic heterocycles. The number of rotatable bonds is 5. The van der Waals surface area contributed by atoms with Crippen molar-refractivity contribution in [2.75, 3.05) is 12.3 Å². The van der Waals surface area contributed by atoms with Gasteiger partial charge in [-0.15, -0.1) is 10.2 Å². The number of carbonyl (C=O) groups excluding carboxylic acids is 2. The smallest absolute Gasteiger partial charge is 0.321 e. The van der Waals surface area contributed by atoms with Gasteiger partial charge < -0.3 is 5.32 Å². The average molecular weight is 362 g/mol. The van der Waals surface area contributed by atoms with Crippen molar-refractivity contribution in [1.82, 2.24) is 25.2 Å². The summed E-state index contributed by atoms with van der Waals surface area (Å²) in [7, 11) is 0. The number of urea groups is 1. The number of nitrogens with zero attached hydrogens (tertiary/aromatic N) is 3. The molecule has 0 saturated carbocycles. The minimum atomic E-state index is -0.510. The van der Waals surface area contributed by atoms with E-state index in [1.807, 2.05) is 6.92 Å². The van der Waals surface area contributed by atoms with Crippen LogP contribution in [0.2, 0.25) is 10.0 Å². The second-order valence-corrected chi connectivity index (χ2v) is 6.06. The van der Waals surface area contributed by atoms with Gasteiger partial charge in [-0.25, -0.2) is 4.79 Å². The molecule has 0 spiro atoms. The number of aromatic nitrogens is 3. The van der Waals surface area contributed by atoms with Crippen LogP contribution in [0, 0.1) is 0 Å². The summed E-state index contributed by atoms with van der Waals surface area (Å²) in [6.07, 6.45) is 2.40. The summed E-state index contributed by atoms with van der Waals surface area (Å²) in [5.41, 5.74) is 0.453. The molecule has 0 aromatic carbocycles. The van der Waals surface area contributed by atoms with Gasteiger partial charge in [0.2, 0.25) is 5.91 Å². The van der Waals surface area contributed by atoms with Crippen LogP contribution in [0.5, 0.6) is 0 Å². The van der Waals surface area contributed by atoms with Gasteiger partial charge in [0.15, 0.2) is 10.8 Å². The molecule has 2 aromatic heterocycles. The zero-order valence-corrected chi connectivity index (χ0v) is 13.9. The van der Waals surface area contributed by atoms with E-state index in [4.69, 9.17) is 23.2 Å². The molecule has 2 aromatic rings. The standard InChI is InChI=1S/C12H13Cl2N5O2S/c1-2-3-15-11(21)16-9(20)6-22-12-18-17-10-8(14)4-7(13)5-19(10)12/h4-5H,2-3,6H2,1H3,(H2,15,16,20,21). The summed E-state index contributed by atoms with van der Waals surface area (Å²) in [6, 6.07) is 1.05. The molecule has 0 saturated heterocycles. The second kappa shape index (κ2) is 7.66. The Bertz CT molecular complexity index is 706. The first-order chi connectivity index (χ1) is 10.5. The molecule has 0 unspecified atom stereocenters. The molecule has 7 nitrogen and oxygen atoms in total. The van der Waals surface area contributed by atoms with Crippen molar-refractivity contribution in [3.05, 3.63) is 22.3 Å². The summed E-state index contributed by atoms with van der Waals surface area (Å²) < 4.78 is 1.60. The van der Waals surface area contributed by atoms with Gasteiger partial charge in [0.1, 0.15) is 0 Å². The van der Waals surface area contributed by atoms with Gasteiger partial charge in [-0.2, -0.15) is 0 Å². The first-order valence-electron chi connectivity index (χ1n) is 6.41. The van der Waals surface area contributed by atoms with E-state index in [0.717, 1.165) is 18.2 Å². The lowest BCUT2D eigenvalue weighted by molar-refractivity contribution is -0.117. The summed E-state index contributed by atoms with van der Waals surface area (Å²) in [4.78, 5) is 23.0. The Hall–Kier alpha value is -1.51. The molecular formula is C12H13Cl2N5O2S. The minimum absolute atomic E-state index is 0.0183. The van der Waals surface area contributed by atoms with Gasteiger partial charge in [-0.1, -0.05) is 41.9 Å². The van der Waals surface area contributed by atoms with Crippen LogP contribution < -0.4 is 10.6 Å². The van der Waals surface area contributed by atoms with Crippen LogP contribution in [0.4, 0.5) is 4.79 Å². The van der Waals surface area contributed by atoms with Crippen LogP contribution in [0.15, 0.2) is 17.4 Å². The third kappa shape index (κ3) is 4.25. The lowest BCUT2D eigenvalue weighted by Gasteiger charge is -2.05. The van der Waals surface area contributed by atoms with E-state index in [1.165, 1.54) is 0 Å². The van der Waals surface area contributed by atoms with Crippen molar-refractivity contribution in [3.63, 3.8) is 0 Å². The van der Waals surface area contributed by atoms with E-state index >= 15 is 0 Å². The van der Waals surface area contributed by atoms with Crippen LogP contribution in [-0.2, 0) is 4.79 Å². The van der Waals surface area contributed by atoms with Crippen LogP contribution in [0.3, 0.4) is 0 Å². The third-order valence-corrected chi connectivity index (χ3v) is 3.94. The number of imide groups is 1. The van der Waals surface area contributed by atoms with Crippen LogP contribution in [-0.4, -0.2) is 38.8 Å². The third-order valence-electron chi connectivity index (χ3n) is 2.52. The number of hydrogen-bond donors (Lipinski definition) is 2. The van der Waals surface area contributed by atoms with Gasteiger partial charge in [-0.3, -0.25) is 14.5 Å². The predicted octanol–water partition coefficient (Wildman–Crippen LogP) is 2.36. The largest absolute Gasteiger partial charge is 0.338 e. The fraction of sp³-hybridized carbons (Fsp3) is 0.333. The Balaban J connectivity index is 1.97. The first kappa shape index (κ1) is 16.9. The van der Waals surface area contributed by atoms with E-state index in [-0.39, 0.29) is 5.75 Å². The molecule has 0 atom stereocenters. The van der Waals surface area contributed by atoms with E-state index in [1.54, 1.807) is 16.7 Å². The molecule has 2 heterocycles. The van der Waals surface area contributed by atoms with Crippen LogP contribution in [0.25, 0.3) is 5.65 Å². The molecule has 0 aliphatic carbocycles. The Labute approximate surface area is 140 Å². The number of nitrogens with one attached hydrogen (secondary N) is 2. The fourth-order valence-corrected chi connectivity index (χ4v) is 2.79. The van der Waals surface area contributed by atoms with E-state index in [2.05, 4.69) is 20.8 Å². The number of amides is 3. The average Bonchev–Trinajstić information content (AvgIpc) is 2.86. The molecule has 118 valence electrons. The molecule has 10 heteroatoms.